The number of aromatic nitrogens is 4. The first-order chi connectivity index (χ1) is 9.29. The monoisotopic (exact) mass is 258 g/mol. The molecule has 6 heteroatoms. The minimum atomic E-state index is 0.802. The molecule has 3 rings (SSSR count). The van der Waals surface area contributed by atoms with E-state index < -0.39 is 0 Å². The zero-order chi connectivity index (χ0) is 13.2. The average molecular weight is 258 g/mol. The number of nitrogens with zero attached hydrogens (tertiary/aromatic N) is 5. The van der Waals surface area contributed by atoms with Crippen LogP contribution in [0.15, 0.2) is 18.7 Å². The zero-order valence-electron chi connectivity index (χ0n) is 11.3. The van der Waals surface area contributed by atoms with Crippen molar-refractivity contribution in [1.29, 1.82) is 0 Å². The summed E-state index contributed by atoms with van der Waals surface area (Å²) in [5.74, 6) is 3.01. The Hall–Kier alpha value is -2.11. The molecule has 2 aromatic rings. The topological polar surface area (TPSA) is 58.9 Å². The minimum Gasteiger partial charge on any atom is -0.370 e. The molecular weight excluding hydrogens is 240 g/mol. The van der Waals surface area contributed by atoms with Gasteiger partial charge in [-0.3, -0.25) is 0 Å². The molecule has 0 bridgehead atoms. The van der Waals surface area contributed by atoms with E-state index in [-0.39, 0.29) is 0 Å². The Labute approximate surface area is 112 Å². The standard InChI is InChI=1S/C13H18N6/c1-3-14-12-10(2)13(17-9-16-12)19-7-6-18-5-4-15-11(18)8-19/h4-5,9H,3,6-8H2,1-2H3,(H,14,16,17). The van der Waals surface area contributed by atoms with Gasteiger partial charge in [0.15, 0.2) is 0 Å². The fraction of sp³-hybridized carbons (Fsp3) is 0.462. The third-order valence-electron chi connectivity index (χ3n) is 3.45. The molecular formula is C13H18N6. The van der Waals surface area contributed by atoms with Crippen LogP contribution < -0.4 is 10.2 Å². The Morgan fingerprint density at radius 2 is 2.16 bits per heavy atom. The molecule has 0 fully saturated rings. The maximum atomic E-state index is 4.44. The molecule has 1 aliphatic rings. The second-order valence-electron chi connectivity index (χ2n) is 4.66. The van der Waals surface area contributed by atoms with Crippen LogP contribution in [0, 0.1) is 6.92 Å². The van der Waals surface area contributed by atoms with E-state index in [0.717, 1.165) is 49.2 Å². The highest BCUT2D eigenvalue weighted by atomic mass is 15.3. The van der Waals surface area contributed by atoms with Crippen molar-refractivity contribution in [2.45, 2.75) is 26.9 Å². The van der Waals surface area contributed by atoms with Gasteiger partial charge in [-0.1, -0.05) is 0 Å². The number of nitrogens with one attached hydrogen (secondary N) is 1. The molecule has 0 aromatic carbocycles. The van der Waals surface area contributed by atoms with Gasteiger partial charge in [0.25, 0.3) is 0 Å². The van der Waals surface area contributed by atoms with Gasteiger partial charge in [-0.05, 0) is 13.8 Å². The second kappa shape index (κ2) is 4.87. The van der Waals surface area contributed by atoms with Crippen molar-refractivity contribution < 1.29 is 0 Å². The van der Waals surface area contributed by atoms with E-state index in [4.69, 9.17) is 0 Å². The first-order valence-electron chi connectivity index (χ1n) is 6.60. The van der Waals surface area contributed by atoms with E-state index in [0.29, 0.717) is 0 Å². The van der Waals surface area contributed by atoms with Crippen LogP contribution in [-0.4, -0.2) is 32.6 Å². The number of hydrogen-bond donors (Lipinski definition) is 1. The van der Waals surface area contributed by atoms with Gasteiger partial charge >= 0.3 is 0 Å². The van der Waals surface area contributed by atoms with Gasteiger partial charge in [0.2, 0.25) is 0 Å². The first-order valence-corrected chi connectivity index (χ1v) is 6.60. The lowest BCUT2D eigenvalue weighted by Crippen LogP contribution is -2.34. The van der Waals surface area contributed by atoms with Crippen LogP contribution in [0.2, 0.25) is 0 Å². The number of imidazole rings is 1. The van der Waals surface area contributed by atoms with Crippen LogP contribution in [0.5, 0.6) is 0 Å². The summed E-state index contributed by atoms with van der Waals surface area (Å²) in [5, 5.41) is 3.27. The van der Waals surface area contributed by atoms with Crippen molar-refractivity contribution >= 4 is 11.6 Å². The quantitative estimate of drug-likeness (QED) is 0.902. The predicted octanol–water partition coefficient (Wildman–Crippen LogP) is 1.43. The minimum absolute atomic E-state index is 0.802. The maximum Gasteiger partial charge on any atom is 0.137 e. The summed E-state index contributed by atoms with van der Waals surface area (Å²) in [7, 11) is 0. The molecule has 0 atom stereocenters. The van der Waals surface area contributed by atoms with E-state index in [1.807, 2.05) is 12.4 Å². The molecule has 1 aliphatic heterocycles. The Morgan fingerprint density at radius 3 is 3.00 bits per heavy atom. The average Bonchev–Trinajstić information content (AvgIpc) is 2.88. The summed E-state index contributed by atoms with van der Waals surface area (Å²) in [6.07, 6.45) is 5.51. The molecule has 2 aromatic heterocycles. The zero-order valence-corrected chi connectivity index (χ0v) is 11.3. The van der Waals surface area contributed by atoms with Crippen molar-refractivity contribution in [3.8, 4) is 0 Å². The van der Waals surface area contributed by atoms with E-state index in [1.54, 1.807) is 6.33 Å². The highest BCUT2D eigenvalue weighted by Gasteiger charge is 2.20. The molecule has 0 spiro atoms. The Balaban J connectivity index is 1.89. The van der Waals surface area contributed by atoms with Crippen LogP contribution in [0.4, 0.5) is 11.6 Å². The predicted molar refractivity (Wildman–Crippen MR) is 74.2 cm³/mol. The molecule has 6 nitrogen and oxygen atoms in total. The smallest absolute Gasteiger partial charge is 0.137 e. The first kappa shape index (κ1) is 12.0. The van der Waals surface area contributed by atoms with Gasteiger partial charge in [-0.25, -0.2) is 15.0 Å². The van der Waals surface area contributed by atoms with Gasteiger partial charge in [0.05, 0.1) is 6.54 Å². The van der Waals surface area contributed by atoms with E-state index in [1.165, 1.54) is 0 Å². The van der Waals surface area contributed by atoms with Crippen LogP contribution in [-0.2, 0) is 13.1 Å². The molecule has 0 saturated heterocycles. The van der Waals surface area contributed by atoms with Crippen LogP contribution in [0.1, 0.15) is 18.3 Å². The normalized spacial score (nSPS) is 14.3. The summed E-state index contributed by atoms with van der Waals surface area (Å²) in [5.41, 5.74) is 1.10. The molecule has 100 valence electrons. The SMILES string of the molecule is CCNc1ncnc(N2CCn3ccnc3C2)c1C. The Morgan fingerprint density at radius 1 is 1.26 bits per heavy atom. The van der Waals surface area contributed by atoms with Crippen LogP contribution >= 0.6 is 0 Å². The lowest BCUT2D eigenvalue weighted by molar-refractivity contribution is 0.555. The third kappa shape index (κ3) is 2.14. The number of hydrogen-bond acceptors (Lipinski definition) is 5. The van der Waals surface area contributed by atoms with Crippen molar-refractivity contribution in [3.05, 3.63) is 30.1 Å². The molecule has 0 saturated carbocycles. The van der Waals surface area contributed by atoms with Crippen molar-refractivity contribution in [3.63, 3.8) is 0 Å². The van der Waals surface area contributed by atoms with Crippen LogP contribution in [0.3, 0.4) is 0 Å². The summed E-state index contributed by atoms with van der Waals surface area (Å²) >= 11 is 0. The fourth-order valence-electron chi connectivity index (χ4n) is 2.46. The number of anilines is 2. The van der Waals surface area contributed by atoms with Crippen molar-refractivity contribution in [1.82, 2.24) is 19.5 Å². The molecule has 0 aliphatic carbocycles. The highest BCUT2D eigenvalue weighted by molar-refractivity contribution is 5.58. The lowest BCUT2D eigenvalue weighted by atomic mass is 10.2. The summed E-state index contributed by atoms with van der Waals surface area (Å²) in [4.78, 5) is 15.4. The summed E-state index contributed by atoms with van der Waals surface area (Å²) in [6, 6.07) is 0. The van der Waals surface area contributed by atoms with Crippen molar-refractivity contribution in [2.24, 2.45) is 0 Å². The fourth-order valence-corrected chi connectivity index (χ4v) is 2.46. The van der Waals surface area contributed by atoms with E-state index >= 15 is 0 Å². The van der Waals surface area contributed by atoms with Gasteiger partial charge < -0.3 is 14.8 Å². The second-order valence-corrected chi connectivity index (χ2v) is 4.66. The van der Waals surface area contributed by atoms with Gasteiger partial charge in [-0.15, -0.1) is 0 Å². The maximum absolute atomic E-state index is 4.44. The van der Waals surface area contributed by atoms with E-state index in [9.17, 15) is 0 Å². The third-order valence-corrected chi connectivity index (χ3v) is 3.45. The van der Waals surface area contributed by atoms with Gasteiger partial charge in [0, 0.05) is 37.6 Å². The number of rotatable bonds is 3. The van der Waals surface area contributed by atoms with Gasteiger partial charge in [-0.2, -0.15) is 0 Å². The van der Waals surface area contributed by atoms with Gasteiger partial charge in [0.1, 0.15) is 23.8 Å². The molecule has 19 heavy (non-hydrogen) atoms. The molecule has 0 radical (unpaired) electrons. The van der Waals surface area contributed by atoms with E-state index in [2.05, 4.69) is 43.6 Å². The lowest BCUT2D eigenvalue weighted by Gasteiger charge is -2.29. The summed E-state index contributed by atoms with van der Waals surface area (Å²) < 4.78 is 2.19. The molecule has 0 unspecified atom stereocenters. The Kier molecular flexibility index (Phi) is 3.06. The summed E-state index contributed by atoms with van der Waals surface area (Å²) in [6.45, 7) is 7.70. The number of fused-ring (bicyclic) bond motifs is 1. The largest absolute Gasteiger partial charge is 0.370 e. The molecule has 0 amide bonds. The Bertz CT molecular complexity index is 576. The van der Waals surface area contributed by atoms with Crippen LogP contribution in [0.25, 0.3) is 0 Å². The highest BCUT2D eigenvalue weighted by Crippen LogP contribution is 2.25. The molecule has 1 N–H and O–H groups in total. The molecule has 3 heterocycles. The van der Waals surface area contributed by atoms with Crippen molar-refractivity contribution in [2.75, 3.05) is 23.3 Å².